The molecule has 4 nitrogen and oxygen atoms in total. The Balaban J connectivity index is 2.33. The Morgan fingerprint density at radius 3 is 2.67 bits per heavy atom. The Morgan fingerprint density at radius 1 is 1.38 bits per heavy atom. The van der Waals surface area contributed by atoms with E-state index in [1.165, 1.54) is 0 Å². The Hall–Kier alpha value is -2.10. The van der Waals surface area contributed by atoms with Gasteiger partial charge in [0.1, 0.15) is 12.7 Å². The fourth-order valence-corrected chi connectivity index (χ4v) is 3.04. The zero-order valence-corrected chi connectivity index (χ0v) is 15.7. The summed E-state index contributed by atoms with van der Waals surface area (Å²) in [5.41, 5.74) is 2.50. The van der Waals surface area contributed by atoms with Crippen LogP contribution in [0.4, 0.5) is 0 Å². The van der Waals surface area contributed by atoms with Crippen LogP contribution in [0, 0.1) is 5.41 Å². The molecule has 0 aromatic carbocycles. The number of aromatic nitrogens is 4. The van der Waals surface area contributed by atoms with Crippen molar-refractivity contribution >= 4 is 5.78 Å². The first kappa shape index (κ1) is 13.2. The van der Waals surface area contributed by atoms with E-state index in [0.717, 1.165) is 17.2 Å². The molecule has 0 atom stereocenters. The van der Waals surface area contributed by atoms with Gasteiger partial charge in [-0.25, -0.2) is 4.98 Å². The minimum absolute atomic E-state index is 0.571. The number of hydrogen-bond acceptors (Lipinski definition) is 1. The maximum Gasteiger partial charge on any atom is 0.230 e. The molecule has 4 heteroatoms. The molecule has 128 valence electrons. The van der Waals surface area contributed by atoms with Gasteiger partial charge in [-0.05, 0) is 23.2 Å². The van der Waals surface area contributed by atoms with Crippen LogP contribution < -0.4 is 4.57 Å². The molecule has 3 heterocycles. The maximum absolute atomic E-state index is 8.85. The second-order valence-corrected chi connectivity index (χ2v) is 7.68. The molecule has 0 N–H and O–H groups in total. The summed E-state index contributed by atoms with van der Waals surface area (Å²) in [6.45, 7) is 9.31. The lowest BCUT2D eigenvalue weighted by molar-refractivity contribution is -0.661. The van der Waals surface area contributed by atoms with Crippen LogP contribution in [0.5, 0.6) is 0 Å². The van der Waals surface area contributed by atoms with Gasteiger partial charge < -0.3 is 4.57 Å². The molecule has 0 saturated heterocycles. The number of nitrogens with zero attached hydrogens (tertiary/aromatic N) is 4. The third kappa shape index (κ3) is 2.97. The van der Waals surface area contributed by atoms with Gasteiger partial charge in [0.2, 0.25) is 11.5 Å². The molecule has 0 spiro atoms. The lowest BCUT2D eigenvalue weighted by atomic mass is 9.84. The van der Waals surface area contributed by atoms with Crippen LogP contribution in [0.1, 0.15) is 55.8 Å². The normalized spacial score (nSPS) is 15.4. The van der Waals surface area contributed by atoms with Gasteiger partial charge in [0.15, 0.2) is 6.20 Å². The van der Waals surface area contributed by atoms with E-state index in [2.05, 4.69) is 4.98 Å². The lowest BCUT2D eigenvalue weighted by Gasteiger charge is -2.21. The molecule has 24 heavy (non-hydrogen) atoms. The summed E-state index contributed by atoms with van der Waals surface area (Å²) in [5.74, 6) is -0.0807. The van der Waals surface area contributed by atoms with E-state index < -0.39 is 17.7 Å². The summed E-state index contributed by atoms with van der Waals surface area (Å²) in [7, 11) is 3.90. The smallest absolute Gasteiger partial charge is 0.230 e. The van der Waals surface area contributed by atoms with Gasteiger partial charge in [0.25, 0.3) is 0 Å². The highest BCUT2D eigenvalue weighted by Gasteiger charge is 2.23. The molecular weight excluding hydrogens is 296 g/mol. The van der Waals surface area contributed by atoms with Crippen LogP contribution in [0.2, 0.25) is 0 Å². The van der Waals surface area contributed by atoms with Crippen molar-refractivity contribution in [3.05, 3.63) is 42.0 Å². The van der Waals surface area contributed by atoms with Gasteiger partial charge >= 0.3 is 0 Å². The standard InChI is InChI=1S/C20H29N4/c1-14(2)16-12-22(6)17(10-15(16)11-20(3,4)5)18-13-24-9-8-21-19(24)23(18)7/h8-10,12-14H,11H2,1-7H3/q+1/i11D2,14D. The molecule has 3 rings (SSSR count). The summed E-state index contributed by atoms with van der Waals surface area (Å²) in [5, 5.41) is 0. The molecule has 0 radical (unpaired) electrons. The second-order valence-electron chi connectivity index (χ2n) is 7.68. The number of fused-ring (bicyclic) bond motifs is 1. The van der Waals surface area contributed by atoms with Crippen LogP contribution in [-0.4, -0.2) is 14.0 Å². The molecule has 0 saturated carbocycles. The van der Waals surface area contributed by atoms with Crippen molar-refractivity contribution in [2.75, 3.05) is 0 Å². The quantitative estimate of drug-likeness (QED) is 0.670. The minimum atomic E-state index is -1.59. The van der Waals surface area contributed by atoms with Gasteiger partial charge in [-0.1, -0.05) is 34.6 Å². The second kappa shape index (κ2) is 5.76. The minimum Gasteiger partial charge on any atom is -0.308 e. The average molecular weight is 328 g/mol. The van der Waals surface area contributed by atoms with Crippen molar-refractivity contribution < 1.29 is 8.68 Å². The van der Waals surface area contributed by atoms with Crippen molar-refractivity contribution in [2.24, 2.45) is 19.5 Å². The number of pyridine rings is 1. The number of rotatable bonds is 3. The van der Waals surface area contributed by atoms with E-state index >= 15 is 0 Å². The molecule has 0 amide bonds. The lowest BCUT2D eigenvalue weighted by Crippen LogP contribution is -2.33. The van der Waals surface area contributed by atoms with E-state index in [9.17, 15) is 0 Å². The van der Waals surface area contributed by atoms with E-state index in [1.807, 2.05) is 73.1 Å². The molecular formula is C20H29N4+. The zero-order chi connectivity index (χ0) is 20.4. The third-order valence-electron chi connectivity index (χ3n) is 4.16. The molecule has 0 bridgehead atoms. The van der Waals surface area contributed by atoms with Crippen molar-refractivity contribution in [2.45, 2.75) is 46.9 Å². The fraction of sp³-hybridized carbons (Fsp3) is 0.500. The Bertz CT molecular complexity index is 1000. The highest BCUT2D eigenvalue weighted by molar-refractivity contribution is 5.57. The number of imidazole rings is 2. The monoisotopic (exact) mass is 328 g/mol. The highest BCUT2D eigenvalue weighted by Crippen LogP contribution is 2.29. The molecule has 0 aliphatic rings. The van der Waals surface area contributed by atoms with Crippen LogP contribution in [0.15, 0.2) is 30.9 Å². The van der Waals surface area contributed by atoms with Gasteiger partial charge in [0, 0.05) is 41.4 Å². The summed E-state index contributed by atoms with van der Waals surface area (Å²) in [6, 6.07) is 1.91. The van der Waals surface area contributed by atoms with E-state index in [-0.39, 0.29) is 0 Å². The first-order chi connectivity index (χ1) is 12.2. The largest absolute Gasteiger partial charge is 0.308 e. The summed E-state index contributed by atoms with van der Waals surface area (Å²) in [4.78, 5) is 4.37. The zero-order valence-electron chi connectivity index (χ0n) is 18.7. The van der Waals surface area contributed by atoms with Crippen molar-refractivity contribution in [1.29, 1.82) is 0 Å². The SMILES string of the molecule is [2H]C(C)(C)c1c[n+](C)c(-c2cn3ccnc3n2C)cc1C([2H])([2H])C(C)(C)C. The van der Waals surface area contributed by atoms with Crippen LogP contribution in [-0.2, 0) is 20.5 Å². The summed E-state index contributed by atoms with van der Waals surface area (Å²) < 4.78 is 32.2. The molecule has 0 fully saturated rings. The molecule has 3 aromatic rings. The van der Waals surface area contributed by atoms with Crippen molar-refractivity contribution in [1.82, 2.24) is 14.0 Å². The fourth-order valence-electron chi connectivity index (χ4n) is 3.04. The topological polar surface area (TPSA) is 26.1 Å². The maximum atomic E-state index is 8.85. The van der Waals surface area contributed by atoms with Crippen LogP contribution in [0.25, 0.3) is 17.2 Å². The Kier molecular flexibility index (Phi) is 3.17. The predicted molar refractivity (Wildman–Crippen MR) is 98.0 cm³/mol. The predicted octanol–water partition coefficient (Wildman–Crippen LogP) is 3.88. The third-order valence-corrected chi connectivity index (χ3v) is 4.16. The van der Waals surface area contributed by atoms with Gasteiger partial charge in [-0.2, -0.15) is 4.57 Å². The van der Waals surface area contributed by atoms with Gasteiger partial charge in [-0.15, -0.1) is 0 Å². The average Bonchev–Trinajstić information content (AvgIpc) is 3.08. The first-order valence-electron chi connectivity index (χ1n) is 9.78. The Morgan fingerprint density at radius 2 is 2.08 bits per heavy atom. The molecule has 0 aliphatic carbocycles. The van der Waals surface area contributed by atoms with E-state index in [1.54, 1.807) is 20.0 Å². The van der Waals surface area contributed by atoms with Crippen molar-refractivity contribution in [3.8, 4) is 11.4 Å². The van der Waals surface area contributed by atoms with E-state index in [4.69, 9.17) is 4.11 Å². The van der Waals surface area contributed by atoms with Crippen LogP contribution in [0.3, 0.4) is 0 Å². The van der Waals surface area contributed by atoms with E-state index in [0.29, 0.717) is 11.1 Å². The first-order valence-corrected chi connectivity index (χ1v) is 8.28. The van der Waals surface area contributed by atoms with Gasteiger partial charge in [0.05, 0.1) is 0 Å². The summed E-state index contributed by atoms with van der Waals surface area (Å²) in [6.07, 6.45) is 5.97. The highest BCUT2D eigenvalue weighted by atomic mass is 15.2. The molecule has 0 aliphatic heterocycles. The summed E-state index contributed by atoms with van der Waals surface area (Å²) >= 11 is 0. The van der Waals surface area contributed by atoms with Gasteiger partial charge in [-0.3, -0.25) is 4.40 Å². The molecule has 0 unspecified atom stereocenters. The number of aryl methyl sites for hydroxylation is 2. The number of hydrogen-bond donors (Lipinski definition) is 0. The molecule has 3 aromatic heterocycles. The Labute approximate surface area is 149 Å². The van der Waals surface area contributed by atoms with Crippen molar-refractivity contribution in [3.63, 3.8) is 0 Å². The van der Waals surface area contributed by atoms with Crippen LogP contribution >= 0.6 is 0 Å².